The zero-order valence-corrected chi connectivity index (χ0v) is 18.8. The molecule has 2 aliphatic rings. The molecule has 1 fully saturated rings. The second-order valence-electron chi connectivity index (χ2n) is 8.65. The first-order valence-corrected chi connectivity index (χ1v) is 11.7. The SMILES string of the molecule is Fc1ccccc1N1CCN(Cc2cnc(N3CC=CCC3)n3nc(-c4ccco4)nc23)CC1. The lowest BCUT2D eigenvalue weighted by molar-refractivity contribution is 0.249. The van der Waals surface area contributed by atoms with Crippen molar-refractivity contribution in [3.63, 3.8) is 0 Å². The Morgan fingerprint density at radius 1 is 0.941 bits per heavy atom. The number of aromatic nitrogens is 4. The van der Waals surface area contributed by atoms with E-state index in [1.165, 1.54) is 6.07 Å². The molecule has 0 amide bonds. The highest BCUT2D eigenvalue weighted by atomic mass is 19.1. The van der Waals surface area contributed by atoms with Crippen LogP contribution in [0.15, 0.2) is 65.4 Å². The van der Waals surface area contributed by atoms with Crippen LogP contribution in [0, 0.1) is 5.82 Å². The first kappa shape index (κ1) is 20.9. The van der Waals surface area contributed by atoms with Gasteiger partial charge in [-0.05, 0) is 30.7 Å². The third-order valence-corrected chi connectivity index (χ3v) is 6.46. The fourth-order valence-corrected chi connectivity index (χ4v) is 4.66. The van der Waals surface area contributed by atoms with Crippen molar-refractivity contribution in [2.45, 2.75) is 13.0 Å². The lowest BCUT2D eigenvalue weighted by Gasteiger charge is -2.36. The largest absolute Gasteiger partial charge is 0.461 e. The number of hydrogen-bond donors (Lipinski definition) is 0. The summed E-state index contributed by atoms with van der Waals surface area (Å²) in [6.45, 7) is 5.61. The molecule has 0 radical (unpaired) electrons. The number of rotatable bonds is 5. The topological polar surface area (TPSA) is 65.9 Å². The predicted octanol–water partition coefficient (Wildman–Crippen LogP) is 3.61. The number of halogens is 1. The van der Waals surface area contributed by atoms with Gasteiger partial charge in [-0.2, -0.15) is 4.52 Å². The summed E-state index contributed by atoms with van der Waals surface area (Å²) in [4.78, 5) is 16.3. The van der Waals surface area contributed by atoms with Crippen LogP contribution in [-0.4, -0.2) is 63.8 Å². The van der Waals surface area contributed by atoms with Gasteiger partial charge in [-0.3, -0.25) is 4.90 Å². The maximum absolute atomic E-state index is 14.2. The van der Waals surface area contributed by atoms with Crippen LogP contribution in [0.4, 0.5) is 16.0 Å². The molecule has 9 heteroatoms. The molecule has 0 unspecified atom stereocenters. The van der Waals surface area contributed by atoms with E-state index in [0.717, 1.165) is 62.8 Å². The van der Waals surface area contributed by atoms with Crippen molar-refractivity contribution in [1.82, 2.24) is 24.5 Å². The summed E-state index contributed by atoms with van der Waals surface area (Å²) in [6.07, 6.45) is 8.89. The zero-order chi connectivity index (χ0) is 22.9. The molecular weight excluding hydrogens is 433 g/mol. The first-order valence-electron chi connectivity index (χ1n) is 11.7. The van der Waals surface area contributed by atoms with Crippen LogP contribution in [0.25, 0.3) is 17.2 Å². The number of furan rings is 1. The van der Waals surface area contributed by atoms with Gasteiger partial charge in [0.05, 0.1) is 12.0 Å². The Balaban J connectivity index is 1.27. The Morgan fingerprint density at radius 2 is 1.82 bits per heavy atom. The van der Waals surface area contributed by atoms with E-state index >= 15 is 0 Å². The molecule has 5 heterocycles. The summed E-state index contributed by atoms with van der Waals surface area (Å²) in [5, 5.41) is 4.76. The summed E-state index contributed by atoms with van der Waals surface area (Å²) in [5.41, 5.74) is 2.48. The van der Waals surface area contributed by atoms with Crippen LogP contribution in [-0.2, 0) is 6.54 Å². The molecule has 34 heavy (non-hydrogen) atoms. The van der Waals surface area contributed by atoms with Crippen molar-refractivity contribution < 1.29 is 8.81 Å². The van der Waals surface area contributed by atoms with Crippen LogP contribution < -0.4 is 9.80 Å². The summed E-state index contributed by atoms with van der Waals surface area (Å²) < 4.78 is 21.6. The van der Waals surface area contributed by atoms with Crippen molar-refractivity contribution in [3.05, 3.63) is 72.4 Å². The summed E-state index contributed by atoms with van der Waals surface area (Å²) in [7, 11) is 0. The highest BCUT2D eigenvalue weighted by Crippen LogP contribution is 2.25. The number of anilines is 2. The molecule has 2 aliphatic heterocycles. The smallest absolute Gasteiger partial charge is 0.228 e. The van der Waals surface area contributed by atoms with Gasteiger partial charge in [-0.15, -0.1) is 5.10 Å². The van der Waals surface area contributed by atoms with E-state index in [1.807, 2.05) is 35.0 Å². The highest BCUT2D eigenvalue weighted by molar-refractivity contribution is 5.58. The van der Waals surface area contributed by atoms with Crippen molar-refractivity contribution in [1.29, 1.82) is 0 Å². The fraction of sp³-hybridized carbons (Fsp3) is 0.320. The quantitative estimate of drug-likeness (QED) is 0.423. The van der Waals surface area contributed by atoms with Crippen molar-refractivity contribution >= 4 is 17.3 Å². The van der Waals surface area contributed by atoms with E-state index in [-0.39, 0.29) is 5.82 Å². The van der Waals surface area contributed by atoms with Crippen molar-refractivity contribution in [2.24, 2.45) is 0 Å². The molecule has 174 valence electrons. The predicted molar refractivity (Wildman–Crippen MR) is 128 cm³/mol. The van der Waals surface area contributed by atoms with E-state index in [9.17, 15) is 4.39 Å². The van der Waals surface area contributed by atoms with E-state index < -0.39 is 0 Å². The molecule has 0 spiro atoms. The van der Waals surface area contributed by atoms with Crippen LogP contribution in [0.2, 0.25) is 0 Å². The lowest BCUT2D eigenvalue weighted by atomic mass is 10.2. The van der Waals surface area contributed by atoms with Crippen LogP contribution in [0.3, 0.4) is 0 Å². The average molecular weight is 460 g/mol. The molecule has 0 aliphatic carbocycles. The number of fused-ring (bicyclic) bond motifs is 1. The Kier molecular flexibility index (Phi) is 5.46. The van der Waals surface area contributed by atoms with E-state index in [1.54, 1.807) is 12.3 Å². The summed E-state index contributed by atoms with van der Waals surface area (Å²) in [6, 6.07) is 10.7. The molecule has 4 aromatic rings. The van der Waals surface area contributed by atoms with Gasteiger partial charge in [0.2, 0.25) is 11.8 Å². The monoisotopic (exact) mass is 459 g/mol. The van der Waals surface area contributed by atoms with Gasteiger partial charge in [0.15, 0.2) is 11.4 Å². The van der Waals surface area contributed by atoms with E-state index in [0.29, 0.717) is 23.8 Å². The normalized spacial score (nSPS) is 17.1. The number of benzene rings is 1. The van der Waals surface area contributed by atoms with Crippen LogP contribution in [0.5, 0.6) is 0 Å². The molecule has 8 nitrogen and oxygen atoms in total. The van der Waals surface area contributed by atoms with Gasteiger partial charge in [-0.25, -0.2) is 14.4 Å². The van der Waals surface area contributed by atoms with E-state index in [2.05, 4.69) is 26.9 Å². The van der Waals surface area contributed by atoms with E-state index in [4.69, 9.17) is 19.5 Å². The van der Waals surface area contributed by atoms with Crippen molar-refractivity contribution in [2.75, 3.05) is 49.1 Å². The van der Waals surface area contributed by atoms with Gasteiger partial charge >= 0.3 is 0 Å². The number of hydrogen-bond acceptors (Lipinski definition) is 7. The van der Waals surface area contributed by atoms with Gasteiger partial charge in [0, 0.05) is 57.6 Å². The van der Waals surface area contributed by atoms with Crippen LogP contribution in [0.1, 0.15) is 12.0 Å². The summed E-state index contributed by atoms with van der Waals surface area (Å²) >= 11 is 0. The van der Waals surface area contributed by atoms with Gasteiger partial charge in [0.25, 0.3) is 0 Å². The number of para-hydroxylation sites is 1. The zero-order valence-electron chi connectivity index (χ0n) is 18.8. The van der Waals surface area contributed by atoms with Gasteiger partial charge in [-0.1, -0.05) is 24.3 Å². The molecule has 1 aromatic carbocycles. The minimum absolute atomic E-state index is 0.168. The number of piperazine rings is 1. The molecule has 6 rings (SSSR count). The Morgan fingerprint density at radius 3 is 2.59 bits per heavy atom. The molecular formula is C25H26FN7O. The third kappa shape index (κ3) is 3.92. The minimum Gasteiger partial charge on any atom is -0.461 e. The Labute approximate surface area is 196 Å². The fourth-order valence-electron chi connectivity index (χ4n) is 4.66. The Bertz CT molecular complexity index is 1310. The number of nitrogens with zero attached hydrogens (tertiary/aromatic N) is 7. The molecule has 0 atom stereocenters. The third-order valence-electron chi connectivity index (χ3n) is 6.46. The average Bonchev–Trinajstić information content (AvgIpc) is 3.56. The molecule has 0 N–H and O–H groups in total. The molecule has 0 saturated carbocycles. The minimum atomic E-state index is -0.168. The second kappa shape index (κ2) is 8.90. The molecule has 3 aromatic heterocycles. The maximum Gasteiger partial charge on any atom is 0.228 e. The van der Waals surface area contributed by atoms with Gasteiger partial charge in [0.1, 0.15) is 5.82 Å². The molecule has 0 bridgehead atoms. The summed E-state index contributed by atoms with van der Waals surface area (Å²) in [5.74, 6) is 1.81. The standard InChI is InChI=1S/C25H26FN7O/c26-20-7-2-3-8-21(20)31-14-12-30(13-15-31)18-19-17-27-25(32-10-4-1-5-11-32)33-24(19)28-23(29-33)22-9-6-16-34-22/h1-4,6-9,16-17H,5,10-15,18H2. The molecule has 1 saturated heterocycles. The van der Waals surface area contributed by atoms with Gasteiger partial charge < -0.3 is 14.2 Å². The highest BCUT2D eigenvalue weighted by Gasteiger charge is 2.23. The Hall–Kier alpha value is -3.72. The second-order valence-corrected chi connectivity index (χ2v) is 8.65. The first-order chi connectivity index (χ1) is 16.8. The lowest BCUT2D eigenvalue weighted by Crippen LogP contribution is -2.46. The van der Waals surface area contributed by atoms with Crippen LogP contribution >= 0.6 is 0 Å². The maximum atomic E-state index is 14.2. The van der Waals surface area contributed by atoms with Crippen molar-refractivity contribution in [3.8, 4) is 11.6 Å².